The minimum absolute atomic E-state index is 0.0693. The van der Waals surface area contributed by atoms with Gasteiger partial charge in [0.2, 0.25) is 0 Å². The van der Waals surface area contributed by atoms with Crippen molar-refractivity contribution in [1.82, 2.24) is 9.55 Å². The highest BCUT2D eigenvalue weighted by atomic mass is 19.3. The van der Waals surface area contributed by atoms with Gasteiger partial charge in [-0.05, 0) is 37.6 Å². The molecule has 0 saturated carbocycles. The number of fused-ring (bicyclic) bond motifs is 2. The fraction of sp³-hybridized carbons (Fsp3) is 0.409. The lowest BCUT2D eigenvalue weighted by Gasteiger charge is -2.24. The Balaban J connectivity index is 2.34. The summed E-state index contributed by atoms with van der Waals surface area (Å²) in [5.41, 5.74) is 1.26. The van der Waals surface area contributed by atoms with Crippen LogP contribution >= 0.6 is 0 Å². The molecular weight excluding hydrogens is 408 g/mol. The molecule has 2 heterocycles. The number of hydrogen-bond donors (Lipinski definition) is 0. The Morgan fingerprint density at radius 3 is 2.61 bits per heavy atom. The number of hydrogen-bond acceptors (Lipinski definition) is 6. The molecule has 3 rings (SSSR count). The number of nitrogens with zero attached hydrogens (tertiary/aromatic N) is 3. The fourth-order valence-electron chi connectivity index (χ4n) is 3.62. The van der Waals surface area contributed by atoms with Crippen molar-refractivity contribution >= 4 is 34.0 Å². The van der Waals surface area contributed by atoms with Gasteiger partial charge in [-0.25, -0.2) is 13.8 Å². The van der Waals surface area contributed by atoms with Crippen molar-refractivity contribution in [3.63, 3.8) is 0 Å². The van der Waals surface area contributed by atoms with E-state index in [2.05, 4.69) is 4.98 Å². The van der Waals surface area contributed by atoms with E-state index in [4.69, 9.17) is 9.47 Å². The van der Waals surface area contributed by atoms with Gasteiger partial charge in [-0.15, -0.1) is 0 Å². The summed E-state index contributed by atoms with van der Waals surface area (Å²) in [6.45, 7) is 3.89. The molecular formula is C22H25F2N3O4. The van der Waals surface area contributed by atoms with Crippen LogP contribution in [-0.4, -0.2) is 55.7 Å². The highest BCUT2D eigenvalue weighted by molar-refractivity contribution is 5.96. The lowest BCUT2D eigenvalue weighted by molar-refractivity contribution is -0.108. The number of methoxy groups -OCH3 is 1. The quantitative estimate of drug-likeness (QED) is 0.361. The summed E-state index contributed by atoms with van der Waals surface area (Å²) in [5, 5.41) is 0.704. The number of benzene rings is 1. The molecule has 0 spiro atoms. The number of aldehydes is 1. The van der Waals surface area contributed by atoms with Gasteiger partial charge in [0.25, 0.3) is 6.43 Å². The van der Waals surface area contributed by atoms with Crippen LogP contribution in [0.5, 0.6) is 5.75 Å². The predicted molar refractivity (Wildman–Crippen MR) is 116 cm³/mol. The zero-order valence-corrected chi connectivity index (χ0v) is 17.7. The van der Waals surface area contributed by atoms with Gasteiger partial charge in [-0.3, -0.25) is 4.79 Å². The van der Waals surface area contributed by atoms with Crippen molar-refractivity contribution in [3.05, 3.63) is 40.1 Å². The molecule has 0 aliphatic rings. The third-order valence-electron chi connectivity index (χ3n) is 5.00. The Kier molecular flexibility index (Phi) is 7.17. The van der Waals surface area contributed by atoms with Gasteiger partial charge in [0.15, 0.2) is 5.43 Å². The molecule has 0 amide bonds. The van der Waals surface area contributed by atoms with E-state index in [-0.39, 0.29) is 36.6 Å². The maximum atomic E-state index is 13.2. The van der Waals surface area contributed by atoms with Crippen LogP contribution in [-0.2, 0) is 16.1 Å². The standard InChI is InChI=1S/C22H25F2N3O4/c1-4-31-21-14(2)5-6-15-19(21)27(9-11-28)22-16(20(15)29)7-8-18(25-22)26(10-12-30-3)13-17(23)24/h5-8,11,17H,4,9-10,12-13H2,1-3H3. The number of pyridine rings is 2. The molecule has 1 aromatic carbocycles. The van der Waals surface area contributed by atoms with E-state index in [0.717, 1.165) is 5.56 Å². The van der Waals surface area contributed by atoms with E-state index < -0.39 is 13.0 Å². The van der Waals surface area contributed by atoms with E-state index >= 15 is 0 Å². The van der Waals surface area contributed by atoms with Gasteiger partial charge in [0.05, 0.1) is 42.6 Å². The van der Waals surface area contributed by atoms with Crippen LogP contribution in [0.4, 0.5) is 14.6 Å². The van der Waals surface area contributed by atoms with Crippen LogP contribution in [0.25, 0.3) is 21.9 Å². The normalized spacial score (nSPS) is 11.4. The Labute approximate surface area is 178 Å². The van der Waals surface area contributed by atoms with Crippen LogP contribution < -0.4 is 15.1 Å². The van der Waals surface area contributed by atoms with Crippen molar-refractivity contribution in [1.29, 1.82) is 0 Å². The number of alkyl halides is 2. The monoisotopic (exact) mass is 433 g/mol. The van der Waals surface area contributed by atoms with Crippen molar-refractivity contribution in [2.75, 3.05) is 38.3 Å². The lowest BCUT2D eigenvalue weighted by atomic mass is 10.1. The van der Waals surface area contributed by atoms with Crippen LogP contribution in [0.1, 0.15) is 12.5 Å². The minimum Gasteiger partial charge on any atom is -0.491 e. The van der Waals surface area contributed by atoms with Crippen molar-refractivity contribution < 1.29 is 23.0 Å². The second-order valence-electron chi connectivity index (χ2n) is 7.02. The fourth-order valence-corrected chi connectivity index (χ4v) is 3.62. The summed E-state index contributed by atoms with van der Waals surface area (Å²) in [5.74, 6) is 0.769. The van der Waals surface area contributed by atoms with E-state index in [9.17, 15) is 18.4 Å². The molecule has 0 radical (unpaired) electrons. The maximum Gasteiger partial charge on any atom is 0.255 e. The second-order valence-corrected chi connectivity index (χ2v) is 7.02. The maximum absolute atomic E-state index is 13.2. The first-order chi connectivity index (χ1) is 14.9. The number of halogens is 2. The molecule has 3 aromatic rings. The molecule has 166 valence electrons. The van der Waals surface area contributed by atoms with Crippen LogP contribution in [0.15, 0.2) is 29.1 Å². The number of carbonyl (C=O) groups excluding carboxylic acids is 1. The number of carbonyl (C=O) groups is 1. The Morgan fingerprint density at radius 2 is 1.97 bits per heavy atom. The summed E-state index contributed by atoms with van der Waals surface area (Å²) < 4.78 is 38.7. The third-order valence-corrected chi connectivity index (χ3v) is 5.00. The number of aryl methyl sites for hydroxylation is 1. The minimum atomic E-state index is -2.57. The first-order valence-corrected chi connectivity index (χ1v) is 9.98. The van der Waals surface area contributed by atoms with Crippen molar-refractivity contribution in [2.45, 2.75) is 26.8 Å². The molecule has 0 aliphatic carbocycles. The molecule has 0 saturated heterocycles. The van der Waals surface area contributed by atoms with E-state index in [0.29, 0.717) is 34.9 Å². The van der Waals surface area contributed by atoms with Gasteiger partial charge < -0.3 is 23.7 Å². The molecule has 0 unspecified atom stereocenters. The molecule has 31 heavy (non-hydrogen) atoms. The average molecular weight is 433 g/mol. The predicted octanol–water partition coefficient (Wildman–Crippen LogP) is 3.17. The van der Waals surface area contributed by atoms with Crippen LogP contribution in [0.2, 0.25) is 0 Å². The second kappa shape index (κ2) is 9.82. The number of anilines is 1. The topological polar surface area (TPSA) is 73.7 Å². The molecule has 7 nitrogen and oxygen atoms in total. The first kappa shape index (κ1) is 22.6. The zero-order chi connectivity index (χ0) is 22.5. The van der Waals surface area contributed by atoms with Gasteiger partial charge in [0.1, 0.15) is 23.5 Å². The first-order valence-electron chi connectivity index (χ1n) is 9.98. The molecule has 2 aromatic heterocycles. The summed E-state index contributed by atoms with van der Waals surface area (Å²) in [6, 6.07) is 6.59. The van der Waals surface area contributed by atoms with Crippen LogP contribution in [0, 0.1) is 6.92 Å². The smallest absolute Gasteiger partial charge is 0.255 e. The van der Waals surface area contributed by atoms with Gasteiger partial charge >= 0.3 is 0 Å². The molecule has 0 aliphatic heterocycles. The molecule has 0 N–H and O–H groups in total. The molecule has 0 fully saturated rings. The molecule has 0 atom stereocenters. The van der Waals surface area contributed by atoms with E-state index in [1.54, 1.807) is 22.8 Å². The summed E-state index contributed by atoms with van der Waals surface area (Å²) in [7, 11) is 1.49. The summed E-state index contributed by atoms with van der Waals surface area (Å²) in [4.78, 5) is 30.6. The Morgan fingerprint density at radius 1 is 1.23 bits per heavy atom. The number of aromatic nitrogens is 2. The Hall–Kier alpha value is -3.07. The summed E-state index contributed by atoms with van der Waals surface area (Å²) >= 11 is 0. The third kappa shape index (κ3) is 4.51. The molecule has 0 bridgehead atoms. The van der Waals surface area contributed by atoms with Gasteiger partial charge in [-0.1, -0.05) is 6.07 Å². The molecule has 9 heteroatoms. The van der Waals surface area contributed by atoms with Crippen LogP contribution in [0.3, 0.4) is 0 Å². The Bertz CT molecular complexity index is 1150. The van der Waals surface area contributed by atoms with Gasteiger partial charge in [0, 0.05) is 13.7 Å². The average Bonchev–Trinajstić information content (AvgIpc) is 2.75. The van der Waals surface area contributed by atoms with Gasteiger partial charge in [-0.2, -0.15) is 0 Å². The SMILES string of the molecule is CCOc1c(C)ccc2c(=O)c3ccc(N(CCOC)CC(F)F)nc3n(CC=O)c12. The van der Waals surface area contributed by atoms with E-state index in [1.165, 1.54) is 18.1 Å². The summed E-state index contributed by atoms with van der Waals surface area (Å²) in [6.07, 6.45) is -1.87. The van der Waals surface area contributed by atoms with Crippen molar-refractivity contribution in [3.8, 4) is 5.75 Å². The van der Waals surface area contributed by atoms with E-state index in [1.807, 2.05) is 13.8 Å². The number of ether oxygens (including phenoxy) is 2. The largest absolute Gasteiger partial charge is 0.491 e. The van der Waals surface area contributed by atoms with Crippen molar-refractivity contribution in [2.24, 2.45) is 0 Å². The highest BCUT2D eigenvalue weighted by Crippen LogP contribution is 2.31. The number of rotatable bonds is 10. The lowest BCUT2D eigenvalue weighted by Crippen LogP contribution is -2.33. The zero-order valence-electron chi connectivity index (χ0n) is 17.7. The highest BCUT2D eigenvalue weighted by Gasteiger charge is 2.20.